The van der Waals surface area contributed by atoms with Crippen molar-refractivity contribution in [1.82, 2.24) is 0 Å². The van der Waals surface area contributed by atoms with E-state index in [1.54, 1.807) is 6.08 Å². The summed E-state index contributed by atoms with van der Waals surface area (Å²) in [4.78, 5) is 10.7. The van der Waals surface area contributed by atoms with Gasteiger partial charge in [0.1, 0.15) is 6.10 Å². The highest BCUT2D eigenvalue weighted by atomic mass is 16.7. The van der Waals surface area contributed by atoms with Crippen molar-refractivity contribution < 1.29 is 19.0 Å². The Balaban J connectivity index is 2.40. The first-order valence-electron chi connectivity index (χ1n) is 4.11. The normalized spacial score (nSPS) is 26.5. The minimum Gasteiger partial charge on any atom is -0.466 e. The van der Waals surface area contributed by atoms with Gasteiger partial charge in [-0.3, -0.25) is 0 Å². The first-order valence-corrected chi connectivity index (χ1v) is 4.11. The average Bonchev–Trinajstić information content (AvgIpc) is 2.41. The summed E-state index contributed by atoms with van der Waals surface area (Å²) in [5.41, 5.74) is 0. The summed E-state index contributed by atoms with van der Waals surface area (Å²) in [7, 11) is 1.34. The van der Waals surface area contributed by atoms with Crippen LogP contribution in [-0.2, 0) is 19.0 Å². The zero-order valence-electron chi connectivity index (χ0n) is 8.07. The van der Waals surface area contributed by atoms with Crippen LogP contribution in [0.1, 0.15) is 13.8 Å². The van der Waals surface area contributed by atoms with Crippen molar-refractivity contribution in [3.63, 3.8) is 0 Å². The zero-order chi connectivity index (χ0) is 9.90. The predicted octanol–water partition coefficient (Wildman–Crippen LogP) is 0.867. The third-order valence-electron chi connectivity index (χ3n) is 1.68. The molecule has 0 unspecified atom stereocenters. The zero-order valence-corrected chi connectivity index (χ0v) is 8.07. The standard InChI is InChI=1S/C9H14O4/c1-9(2)12-6-7(13-9)4-5-8(10)11-3/h4-5,7H,6H2,1-3H3/t7-/m0/s1. The van der Waals surface area contributed by atoms with E-state index >= 15 is 0 Å². The molecule has 0 amide bonds. The summed E-state index contributed by atoms with van der Waals surface area (Å²) < 4.78 is 15.2. The average molecular weight is 186 g/mol. The molecule has 1 fully saturated rings. The molecule has 0 aromatic carbocycles. The van der Waals surface area contributed by atoms with Crippen LogP contribution in [0, 0.1) is 0 Å². The molecular weight excluding hydrogens is 172 g/mol. The number of esters is 1. The first kappa shape index (κ1) is 10.2. The van der Waals surface area contributed by atoms with Crippen LogP contribution in [-0.4, -0.2) is 31.6 Å². The molecule has 1 aliphatic heterocycles. The fourth-order valence-electron chi connectivity index (χ4n) is 1.06. The monoisotopic (exact) mass is 186 g/mol. The van der Waals surface area contributed by atoms with Gasteiger partial charge >= 0.3 is 5.97 Å². The molecular formula is C9H14O4. The van der Waals surface area contributed by atoms with Crippen LogP contribution < -0.4 is 0 Å². The molecule has 0 aromatic heterocycles. The Morgan fingerprint density at radius 1 is 1.62 bits per heavy atom. The lowest BCUT2D eigenvalue weighted by atomic mass is 10.3. The van der Waals surface area contributed by atoms with E-state index in [1.807, 2.05) is 13.8 Å². The summed E-state index contributed by atoms with van der Waals surface area (Å²) in [6, 6.07) is 0. The van der Waals surface area contributed by atoms with Crippen molar-refractivity contribution in [2.24, 2.45) is 0 Å². The van der Waals surface area contributed by atoms with Crippen molar-refractivity contribution >= 4 is 5.97 Å². The SMILES string of the molecule is COC(=O)C=C[C@H]1COC(C)(C)O1. The van der Waals surface area contributed by atoms with Crippen LogP contribution in [0.3, 0.4) is 0 Å². The van der Waals surface area contributed by atoms with Crippen molar-refractivity contribution in [2.75, 3.05) is 13.7 Å². The third-order valence-corrected chi connectivity index (χ3v) is 1.68. The van der Waals surface area contributed by atoms with Gasteiger partial charge in [-0.1, -0.05) is 0 Å². The Morgan fingerprint density at radius 3 is 2.77 bits per heavy atom. The Kier molecular flexibility index (Phi) is 3.06. The number of methoxy groups -OCH3 is 1. The number of hydrogen-bond donors (Lipinski definition) is 0. The van der Waals surface area contributed by atoms with Crippen molar-refractivity contribution in [1.29, 1.82) is 0 Å². The summed E-state index contributed by atoms with van der Waals surface area (Å²) in [5, 5.41) is 0. The maximum atomic E-state index is 10.7. The molecule has 1 atom stereocenters. The van der Waals surface area contributed by atoms with E-state index in [-0.39, 0.29) is 12.1 Å². The second kappa shape index (κ2) is 3.89. The number of carbonyl (C=O) groups excluding carboxylic acids is 1. The molecule has 74 valence electrons. The Hall–Kier alpha value is -0.870. The Morgan fingerprint density at radius 2 is 2.31 bits per heavy atom. The lowest BCUT2D eigenvalue weighted by molar-refractivity contribution is -0.136. The van der Waals surface area contributed by atoms with E-state index in [2.05, 4.69) is 4.74 Å². The molecule has 4 heteroatoms. The molecule has 0 bridgehead atoms. The Labute approximate surface area is 77.5 Å². The highest BCUT2D eigenvalue weighted by Gasteiger charge is 2.30. The third kappa shape index (κ3) is 3.16. The molecule has 1 heterocycles. The van der Waals surface area contributed by atoms with Gasteiger partial charge in [0.05, 0.1) is 13.7 Å². The van der Waals surface area contributed by atoms with Crippen molar-refractivity contribution in [3.05, 3.63) is 12.2 Å². The van der Waals surface area contributed by atoms with Crippen LogP contribution in [0.2, 0.25) is 0 Å². The summed E-state index contributed by atoms with van der Waals surface area (Å²) in [6.07, 6.45) is 2.82. The van der Waals surface area contributed by atoms with Gasteiger partial charge in [0, 0.05) is 6.08 Å². The van der Waals surface area contributed by atoms with E-state index in [0.29, 0.717) is 6.61 Å². The van der Waals surface area contributed by atoms with E-state index in [9.17, 15) is 4.79 Å². The van der Waals surface area contributed by atoms with Gasteiger partial charge in [-0.25, -0.2) is 4.79 Å². The number of ether oxygens (including phenoxy) is 3. The van der Waals surface area contributed by atoms with E-state index in [0.717, 1.165) is 0 Å². The van der Waals surface area contributed by atoms with Crippen LogP contribution in [0.15, 0.2) is 12.2 Å². The van der Waals surface area contributed by atoms with Gasteiger partial charge in [-0.05, 0) is 19.9 Å². The van der Waals surface area contributed by atoms with Crippen LogP contribution >= 0.6 is 0 Å². The first-order chi connectivity index (χ1) is 6.03. The van der Waals surface area contributed by atoms with Gasteiger partial charge in [0.2, 0.25) is 0 Å². The van der Waals surface area contributed by atoms with Crippen molar-refractivity contribution in [2.45, 2.75) is 25.7 Å². The fourth-order valence-corrected chi connectivity index (χ4v) is 1.06. The molecule has 0 aliphatic carbocycles. The number of carbonyl (C=O) groups is 1. The van der Waals surface area contributed by atoms with Crippen LogP contribution in [0.4, 0.5) is 0 Å². The minimum absolute atomic E-state index is 0.158. The highest BCUT2D eigenvalue weighted by Crippen LogP contribution is 2.22. The molecule has 0 radical (unpaired) electrons. The Bertz CT molecular complexity index is 220. The molecule has 0 saturated carbocycles. The van der Waals surface area contributed by atoms with E-state index in [1.165, 1.54) is 13.2 Å². The molecule has 4 nitrogen and oxygen atoms in total. The molecule has 1 aliphatic rings. The molecule has 1 rings (SSSR count). The predicted molar refractivity (Wildman–Crippen MR) is 46.1 cm³/mol. The topological polar surface area (TPSA) is 44.8 Å². The fraction of sp³-hybridized carbons (Fsp3) is 0.667. The van der Waals surface area contributed by atoms with E-state index in [4.69, 9.17) is 9.47 Å². The van der Waals surface area contributed by atoms with Gasteiger partial charge in [0.25, 0.3) is 0 Å². The smallest absolute Gasteiger partial charge is 0.330 e. The minimum atomic E-state index is -0.550. The maximum Gasteiger partial charge on any atom is 0.330 e. The number of hydrogen-bond acceptors (Lipinski definition) is 4. The molecule has 0 N–H and O–H groups in total. The summed E-state index contributed by atoms with van der Waals surface area (Å²) in [6.45, 7) is 4.14. The number of rotatable bonds is 2. The van der Waals surface area contributed by atoms with Gasteiger partial charge in [-0.15, -0.1) is 0 Å². The largest absolute Gasteiger partial charge is 0.466 e. The second-order valence-corrected chi connectivity index (χ2v) is 3.25. The quantitative estimate of drug-likeness (QED) is 0.474. The van der Waals surface area contributed by atoms with Gasteiger partial charge in [-0.2, -0.15) is 0 Å². The van der Waals surface area contributed by atoms with Gasteiger partial charge in [0.15, 0.2) is 5.79 Å². The van der Waals surface area contributed by atoms with Gasteiger partial charge < -0.3 is 14.2 Å². The highest BCUT2D eigenvalue weighted by molar-refractivity contribution is 5.81. The summed E-state index contributed by atoms with van der Waals surface area (Å²) in [5.74, 6) is -0.932. The maximum absolute atomic E-state index is 10.7. The molecule has 0 spiro atoms. The van der Waals surface area contributed by atoms with Crippen molar-refractivity contribution in [3.8, 4) is 0 Å². The van der Waals surface area contributed by atoms with E-state index < -0.39 is 5.79 Å². The van der Waals surface area contributed by atoms with Crippen LogP contribution in [0.5, 0.6) is 0 Å². The molecule has 13 heavy (non-hydrogen) atoms. The molecule has 0 aromatic rings. The summed E-state index contributed by atoms with van der Waals surface area (Å²) >= 11 is 0. The lowest BCUT2D eigenvalue weighted by Gasteiger charge is -2.15. The second-order valence-electron chi connectivity index (χ2n) is 3.25. The lowest BCUT2D eigenvalue weighted by Crippen LogP contribution is -2.20. The molecule has 1 saturated heterocycles. The van der Waals surface area contributed by atoms with Crippen LogP contribution in [0.25, 0.3) is 0 Å².